The number of nitrogen functional groups attached to an aromatic ring is 1. The van der Waals surface area contributed by atoms with Crippen molar-refractivity contribution in [3.05, 3.63) is 28.5 Å². The van der Waals surface area contributed by atoms with Gasteiger partial charge in [0, 0.05) is 0 Å². The Kier molecular flexibility index (Phi) is 2.72. The number of carbonyl (C=O) groups is 1. The van der Waals surface area contributed by atoms with Gasteiger partial charge >= 0.3 is 5.97 Å². The van der Waals surface area contributed by atoms with Gasteiger partial charge in [-0.15, -0.1) is 0 Å². The zero-order chi connectivity index (χ0) is 10.0. The van der Waals surface area contributed by atoms with Gasteiger partial charge in [0.1, 0.15) is 5.82 Å². The summed E-state index contributed by atoms with van der Waals surface area (Å²) in [5.41, 5.74) is 5.10. The molecule has 0 heterocycles. The first-order valence-electron chi connectivity index (χ1n) is 3.39. The Bertz CT molecular complexity index is 331. The molecule has 0 saturated carbocycles. The lowest BCUT2D eigenvalue weighted by Gasteiger charge is -2.03. The molecule has 1 aromatic rings. The van der Waals surface area contributed by atoms with E-state index in [-0.39, 0.29) is 16.3 Å². The molecule has 0 radical (unpaired) electrons. The van der Waals surface area contributed by atoms with Crippen LogP contribution in [0.4, 0.5) is 10.1 Å². The molecule has 0 atom stereocenters. The van der Waals surface area contributed by atoms with Crippen LogP contribution < -0.4 is 5.73 Å². The van der Waals surface area contributed by atoms with Gasteiger partial charge in [0.2, 0.25) is 0 Å². The molecule has 5 heteroatoms. The van der Waals surface area contributed by atoms with E-state index in [1.807, 2.05) is 0 Å². The van der Waals surface area contributed by atoms with Gasteiger partial charge in [-0.05, 0) is 12.1 Å². The van der Waals surface area contributed by atoms with Crippen LogP contribution in [0.1, 0.15) is 10.4 Å². The Morgan fingerprint density at radius 3 is 2.69 bits per heavy atom. The molecular weight excluding hydrogens is 197 g/mol. The highest BCUT2D eigenvalue weighted by Gasteiger charge is 2.11. The summed E-state index contributed by atoms with van der Waals surface area (Å²) in [6.45, 7) is 0. The minimum absolute atomic E-state index is 0.000370. The lowest BCUT2D eigenvalue weighted by atomic mass is 10.2. The Morgan fingerprint density at radius 2 is 2.23 bits per heavy atom. The quantitative estimate of drug-likeness (QED) is 0.560. The van der Waals surface area contributed by atoms with Gasteiger partial charge in [-0.2, -0.15) is 0 Å². The molecular formula is C8H7ClFNO2. The van der Waals surface area contributed by atoms with E-state index in [0.29, 0.717) is 0 Å². The van der Waals surface area contributed by atoms with Crippen LogP contribution in [0.2, 0.25) is 5.02 Å². The number of benzene rings is 1. The molecule has 0 bridgehead atoms. The van der Waals surface area contributed by atoms with Crippen molar-refractivity contribution in [1.29, 1.82) is 0 Å². The zero-order valence-corrected chi connectivity index (χ0v) is 7.56. The van der Waals surface area contributed by atoms with Crippen LogP contribution in [-0.4, -0.2) is 13.1 Å². The third-order valence-corrected chi connectivity index (χ3v) is 1.81. The van der Waals surface area contributed by atoms with Crippen LogP contribution in [0.3, 0.4) is 0 Å². The molecule has 1 aromatic carbocycles. The monoisotopic (exact) mass is 203 g/mol. The Balaban J connectivity index is 3.20. The number of hydrogen-bond donors (Lipinski definition) is 1. The van der Waals surface area contributed by atoms with Crippen molar-refractivity contribution < 1.29 is 13.9 Å². The maximum Gasteiger partial charge on any atom is 0.338 e. The minimum Gasteiger partial charge on any atom is -0.465 e. The average Bonchev–Trinajstić information content (AvgIpc) is 2.12. The van der Waals surface area contributed by atoms with Crippen molar-refractivity contribution in [3.8, 4) is 0 Å². The van der Waals surface area contributed by atoms with Gasteiger partial charge < -0.3 is 10.5 Å². The van der Waals surface area contributed by atoms with Crippen LogP contribution >= 0.6 is 11.6 Å². The molecule has 1 rings (SSSR count). The summed E-state index contributed by atoms with van der Waals surface area (Å²) in [5, 5.41) is 0.000370. The number of methoxy groups -OCH3 is 1. The lowest BCUT2D eigenvalue weighted by Crippen LogP contribution is -2.03. The molecule has 0 aromatic heterocycles. The first-order valence-corrected chi connectivity index (χ1v) is 3.77. The molecule has 0 unspecified atom stereocenters. The van der Waals surface area contributed by atoms with Crippen molar-refractivity contribution in [3.63, 3.8) is 0 Å². The molecule has 0 aliphatic carbocycles. The third kappa shape index (κ3) is 1.89. The van der Waals surface area contributed by atoms with Gasteiger partial charge in [0.25, 0.3) is 0 Å². The topological polar surface area (TPSA) is 52.3 Å². The Labute approximate surface area is 79.2 Å². The third-order valence-electron chi connectivity index (χ3n) is 1.50. The number of hydrogen-bond acceptors (Lipinski definition) is 3. The fraction of sp³-hybridized carbons (Fsp3) is 0.125. The van der Waals surface area contributed by atoms with Crippen LogP contribution in [-0.2, 0) is 4.74 Å². The average molecular weight is 204 g/mol. The number of carbonyl (C=O) groups excluding carboxylic acids is 1. The Hall–Kier alpha value is -1.29. The molecule has 0 fully saturated rings. The summed E-state index contributed by atoms with van der Waals surface area (Å²) in [4.78, 5) is 10.9. The second-order valence-electron chi connectivity index (χ2n) is 2.35. The highest BCUT2D eigenvalue weighted by molar-refractivity contribution is 6.33. The largest absolute Gasteiger partial charge is 0.465 e. The Morgan fingerprint density at radius 1 is 1.62 bits per heavy atom. The van der Waals surface area contributed by atoms with Gasteiger partial charge in [-0.25, -0.2) is 9.18 Å². The predicted octanol–water partition coefficient (Wildman–Crippen LogP) is 1.85. The van der Waals surface area contributed by atoms with E-state index in [9.17, 15) is 9.18 Å². The number of nitrogens with two attached hydrogens (primary N) is 1. The van der Waals surface area contributed by atoms with Crippen LogP contribution in [0, 0.1) is 5.82 Å². The van der Waals surface area contributed by atoms with Crippen molar-refractivity contribution in [2.75, 3.05) is 12.8 Å². The number of anilines is 1. The molecule has 70 valence electrons. The van der Waals surface area contributed by atoms with E-state index in [2.05, 4.69) is 4.74 Å². The van der Waals surface area contributed by atoms with Crippen molar-refractivity contribution in [2.24, 2.45) is 0 Å². The summed E-state index contributed by atoms with van der Waals surface area (Å²) < 4.78 is 17.3. The van der Waals surface area contributed by atoms with E-state index in [1.165, 1.54) is 13.2 Å². The van der Waals surface area contributed by atoms with Crippen LogP contribution in [0.25, 0.3) is 0 Å². The second kappa shape index (κ2) is 3.62. The fourth-order valence-corrected chi connectivity index (χ4v) is 1.03. The number of halogens is 2. The fourth-order valence-electron chi connectivity index (χ4n) is 0.820. The van der Waals surface area contributed by atoms with E-state index in [1.54, 1.807) is 0 Å². The zero-order valence-electron chi connectivity index (χ0n) is 6.80. The van der Waals surface area contributed by atoms with E-state index in [4.69, 9.17) is 17.3 Å². The van der Waals surface area contributed by atoms with Gasteiger partial charge in [-0.3, -0.25) is 0 Å². The van der Waals surface area contributed by atoms with E-state index in [0.717, 1.165) is 6.07 Å². The van der Waals surface area contributed by atoms with Crippen molar-refractivity contribution >= 4 is 23.3 Å². The van der Waals surface area contributed by atoms with E-state index >= 15 is 0 Å². The van der Waals surface area contributed by atoms with Gasteiger partial charge in [0.15, 0.2) is 0 Å². The summed E-state index contributed by atoms with van der Waals surface area (Å²) in [6, 6.07) is 2.23. The van der Waals surface area contributed by atoms with Crippen molar-refractivity contribution in [2.45, 2.75) is 0 Å². The van der Waals surface area contributed by atoms with E-state index < -0.39 is 11.8 Å². The number of rotatable bonds is 1. The lowest BCUT2D eigenvalue weighted by molar-refractivity contribution is 0.0600. The highest BCUT2D eigenvalue weighted by atomic mass is 35.5. The summed E-state index contributed by atoms with van der Waals surface area (Å²) in [5.74, 6) is -1.38. The molecule has 0 spiro atoms. The molecule has 13 heavy (non-hydrogen) atoms. The summed E-state index contributed by atoms with van der Waals surface area (Å²) >= 11 is 5.55. The maximum atomic E-state index is 12.9. The molecule has 0 amide bonds. The van der Waals surface area contributed by atoms with Gasteiger partial charge in [0.05, 0.1) is 23.4 Å². The van der Waals surface area contributed by atoms with Gasteiger partial charge in [-0.1, -0.05) is 11.6 Å². The predicted molar refractivity (Wildman–Crippen MR) is 47.2 cm³/mol. The van der Waals surface area contributed by atoms with Crippen LogP contribution in [0.5, 0.6) is 0 Å². The molecule has 0 aliphatic rings. The van der Waals surface area contributed by atoms with Crippen molar-refractivity contribution in [1.82, 2.24) is 0 Å². The molecule has 0 saturated heterocycles. The summed E-state index contributed by atoms with van der Waals surface area (Å²) in [7, 11) is 1.20. The second-order valence-corrected chi connectivity index (χ2v) is 2.75. The normalized spacial score (nSPS) is 9.77. The maximum absolute atomic E-state index is 12.9. The molecule has 2 N–H and O–H groups in total. The first-order chi connectivity index (χ1) is 6.06. The first kappa shape index (κ1) is 9.80. The number of esters is 1. The molecule has 0 aliphatic heterocycles. The SMILES string of the molecule is COC(=O)c1cc(F)c(N)c(Cl)c1. The van der Waals surface area contributed by atoms with Crippen LogP contribution in [0.15, 0.2) is 12.1 Å². The smallest absolute Gasteiger partial charge is 0.338 e. The number of ether oxygens (including phenoxy) is 1. The summed E-state index contributed by atoms with van der Waals surface area (Å²) in [6.07, 6.45) is 0. The molecule has 3 nitrogen and oxygen atoms in total. The highest BCUT2D eigenvalue weighted by Crippen LogP contribution is 2.23. The minimum atomic E-state index is -0.729. The standard InChI is InChI=1S/C8H7ClFNO2/c1-13-8(12)4-2-5(9)7(11)6(10)3-4/h2-3H,11H2,1H3.